The van der Waals surface area contributed by atoms with Crippen molar-refractivity contribution in [3.63, 3.8) is 0 Å². The van der Waals surface area contributed by atoms with E-state index in [1.165, 1.54) is 18.2 Å². The second kappa shape index (κ2) is 9.29. The summed E-state index contributed by atoms with van der Waals surface area (Å²) in [7, 11) is 3.30. The number of hydrogen-bond donors (Lipinski definition) is 1. The van der Waals surface area contributed by atoms with E-state index in [4.69, 9.17) is 16.3 Å². The Hall–Kier alpha value is -2.57. The summed E-state index contributed by atoms with van der Waals surface area (Å²) in [6.07, 6.45) is 0.855. The summed E-state index contributed by atoms with van der Waals surface area (Å²) in [5.74, 6) is 0.313. The molecule has 0 aromatic heterocycles. The van der Waals surface area contributed by atoms with Crippen molar-refractivity contribution in [2.24, 2.45) is 0 Å². The summed E-state index contributed by atoms with van der Waals surface area (Å²) >= 11 is 6.01. The van der Waals surface area contributed by atoms with Crippen LogP contribution < -0.4 is 10.1 Å². The first-order chi connectivity index (χ1) is 13.9. The second-order valence-electron chi connectivity index (χ2n) is 7.26. The number of likely N-dealkylation sites (N-methyl/N-ethyl adjacent to an activating group) is 1. The topological polar surface area (TPSA) is 61.9 Å². The highest BCUT2D eigenvalue weighted by atomic mass is 35.5. The van der Waals surface area contributed by atoms with Gasteiger partial charge in [-0.25, -0.2) is 0 Å². The lowest BCUT2D eigenvalue weighted by molar-refractivity contribution is -0.137. The lowest BCUT2D eigenvalue weighted by Gasteiger charge is -2.33. The molecule has 1 aliphatic rings. The number of anilines is 1. The van der Waals surface area contributed by atoms with E-state index >= 15 is 0 Å². The molecule has 1 N–H and O–H groups in total. The number of fused-ring (bicyclic) bond motifs is 1. The van der Waals surface area contributed by atoms with Crippen molar-refractivity contribution < 1.29 is 14.3 Å². The molecule has 3 rings (SSSR count). The average Bonchev–Trinajstić information content (AvgIpc) is 2.72. The molecule has 7 heteroatoms. The first kappa shape index (κ1) is 21.1. The first-order valence-electron chi connectivity index (χ1n) is 9.58. The van der Waals surface area contributed by atoms with Crippen LogP contribution in [0.2, 0.25) is 5.02 Å². The molecule has 2 amide bonds. The molecule has 0 bridgehead atoms. The van der Waals surface area contributed by atoms with E-state index in [1.807, 2.05) is 24.0 Å². The quantitative estimate of drug-likeness (QED) is 0.787. The summed E-state index contributed by atoms with van der Waals surface area (Å²) in [5, 5.41) is 3.31. The molecule has 2 aromatic rings. The summed E-state index contributed by atoms with van der Waals surface area (Å²) < 4.78 is 5.25. The fourth-order valence-corrected chi connectivity index (χ4v) is 3.64. The Labute approximate surface area is 176 Å². The number of carbonyl (C=O) groups is 2. The first-order valence-corrected chi connectivity index (χ1v) is 9.96. The predicted molar refractivity (Wildman–Crippen MR) is 114 cm³/mol. The summed E-state index contributed by atoms with van der Waals surface area (Å²) in [6, 6.07) is 12.8. The molecular weight excluding hydrogens is 390 g/mol. The molecule has 0 aliphatic carbocycles. The average molecular weight is 416 g/mol. The summed E-state index contributed by atoms with van der Waals surface area (Å²) in [5.41, 5.74) is 2.99. The van der Waals surface area contributed by atoms with Crippen molar-refractivity contribution in [3.8, 4) is 5.75 Å². The number of carbonyl (C=O) groups excluding carboxylic acids is 2. The zero-order chi connectivity index (χ0) is 21.0. The molecule has 29 heavy (non-hydrogen) atoms. The van der Waals surface area contributed by atoms with Crippen molar-refractivity contribution in [2.75, 3.05) is 32.6 Å². The van der Waals surface area contributed by atoms with Gasteiger partial charge in [0.25, 0.3) is 0 Å². The van der Waals surface area contributed by atoms with E-state index in [0.717, 1.165) is 6.42 Å². The minimum Gasteiger partial charge on any atom is -0.495 e. The van der Waals surface area contributed by atoms with Crippen LogP contribution >= 0.6 is 11.6 Å². The molecule has 0 saturated heterocycles. The predicted octanol–water partition coefficient (Wildman–Crippen LogP) is 3.19. The molecule has 6 nitrogen and oxygen atoms in total. The lowest BCUT2D eigenvalue weighted by Crippen LogP contribution is -2.49. The highest BCUT2D eigenvalue weighted by Gasteiger charge is 2.27. The van der Waals surface area contributed by atoms with Gasteiger partial charge in [0.15, 0.2) is 0 Å². The fourth-order valence-electron chi connectivity index (χ4n) is 3.47. The third-order valence-corrected chi connectivity index (χ3v) is 5.52. The van der Waals surface area contributed by atoms with Crippen LogP contribution in [0.5, 0.6) is 5.75 Å². The molecule has 0 saturated carbocycles. The number of amides is 2. The number of methoxy groups -OCH3 is 1. The Bertz CT molecular complexity index is 903. The fraction of sp³-hybridized carbons (Fsp3) is 0.364. The highest BCUT2D eigenvalue weighted by molar-refractivity contribution is 6.31. The van der Waals surface area contributed by atoms with Crippen LogP contribution in [0.1, 0.15) is 18.1 Å². The number of ether oxygens (including phenoxy) is 1. The molecule has 0 fully saturated rings. The minimum atomic E-state index is -0.410. The van der Waals surface area contributed by atoms with Crippen LogP contribution in [-0.4, -0.2) is 54.9 Å². The number of halogens is 1. The van der Waals surface area contributed by atoms with Crippen LogP contribution in [0.4, 0.5) is 5.69 Å². The molecular formula is C22H26ClN3O3. The molecule has 1 heterocycles. The van der Waals surface area contributed by atoms with E-state index in [1.54, 1.807) is 30.1 Å². The molecule has 2 aromatic carbocycles. The minimum absolute atomic E-state index is 0.0233. The van der Waals surface area contributed by atoms with Gasteiger partial charge in [-0.1, -0.05) is 35.9 Å². The molecule has 0 unspecified atom stereocenters. The highest BCUT2D eigenvalue weighted by Crippen LogP contribution is 2.27. The van der Waals surface area contributed by atoms with Crippen LogP contribution in [0.3, 0.4) is 0 Å². The zero-order valence-corrected chi connectivity index (χ0v) is 17.7. The van der Waals surface area contributed by atoms with Gasteiger partial charge in [0.2, 0.25) is 11.8 Å². The van der Waals surface area contributed by atoms with Gasteiger partial charge in [-0.15, -0.1) is 0 Å². The normalized spacial score (nSPS) is 14.3. The maximum absolute atomic E-state index is 12.9. The SMILES string of the molecule is COc1ccc(Cl)cc1NC(=O)CN(C)[C@@H](C)C(=O)N1CCc2ccccc2C1. The third kappa shape index (κ3) is 5.08. The van der Waals surface area contributed by atoms with E-state index < -0.39 is 6.04 Å². The van der Waals surface area contributed by atoms with Gasteiger partial charge in [-0.2, -0.15) is 0 Å². The summed E-state index contributed by atoms with van der Waals surface area (Å²) in [6.45, 7) is 3.21. The Morgan fingerprint density at radius 2 is 1.97 bits per heavy atom. The molecule has 154 valence electrons. The van der Waals surface area contributed by atoms with E-state index in [0.29, 0.717) is 29.5 Å². The maximum Gasteiger partial charge on any atom is 0.239 e. The van der Waals surface area contributed by atoms with Gasteiger partial charge < -0.3 is 15.0 Å². The smallest absolute Gasteiger partial charge is 0.239 e. The van der Waals surface area contributed by atoms with Gasteiger partial charge in [-0.05, 0) is 49.7 Å². The van der Waals surface area contributed by atoms with Gasteiger partial charge in [0.05, 0.1) is 25.4 Å². The lowest BCUT2D eigenvalue weighted by atomic mass is 9.99. The van der Waals surface area contributed by atoms with E-state index in [2.05, 4.69) is 17.4 Å². The van der Waals surface area contributed by atoms with Crippen LogP contribution in [-0.2, 0) is 22.6 Å². The van der Waals surface area contributed by atoms with Crippen LogP contribution in [0.15, 0.2) is 42.5 Å². The van der Waals surface area contributed by atoms with Crippen molar-refractivity contribution in [1.82, 2.24) is 9.80 Å². The number of hydrogen-bond acceptors (Lipinski definition) is 4. The standard InChI is InChI=1S/C22H26ClN3O3/c1-15(22(28)26-11-10-16-6-4-5-7-17(16)13-26)25(2)14-21(27)24-19-12-18(23)8-9-20(19)29-3/h4-9,12,15H,10-11,13-14H2,1-3H3,(H,24,27)/t15-/m0/s1. The summed E-state index contributed by atoms with van der Waals surface area (Å²) in [4.78, 5) is 29.1. The van der Waals surface area contributed by atoms with Gasteiger partial charge in [0.1, 0.15) is 5.75 Å². The Morgan fingerprint density at radius 1 is 1.24 bits per heavy atom. The van der Waals surface area contributed by atoms with E-state index in [9.17, 15) is 9.59 Å². The van der Waals surface area contributed by atoms with Crippen molar-refractivity contribution in [2.45, 2.75) is 25.9 Å². The van der Waals surface area contributed by atoms with Crippen molar-refractivity contribution in [3.05, 3.63) is 58.6 Å². The Kier molecular flexibility index (Phi) is 6.77. The van der Waals surface area contributed by atoms with Gasteiger partial charge in [0, 0.05) is 18.1 Å². The number of rotatable bonds is 6. The largest absolute Gasteiger partial charge is 0.495 e. The molecule has 0 radical (unpaired) electrons. The number of nitrogens with one attached hydrogen (secondary N) is 1. The number of benzene rings is 2. The third-order valence-electron chi connectivity index (χ3n) is 5.29. The zero-order valence-electron chi connectivity index (χ0n) is 16.9. The van der Waals surface area contributed by atoms with Crippen LogP contribution in [0.25, 0.3) is 0 Å². The number of nitrogens with zero attached hydrogens (tertiary/aromatic N) is 2. The molecule has 1 aliphatic heterocycles. The Balaban J connectivity index is 1.59. The van der Waals surface area contributed by atoms with Gasteiger partial charge in [-0.3, -0.25) is 14.5 Å². The van der Waals surface area contributed by atoms with Crippen molar-refractivity contribution >= 4 is 29.1 Å². The molecule has 1 atom stereocenters. The van der Waals surface area contributed by atoms with E-state index in [-0.39, 0.29) is 18.4 Å². The monoisotopic (exact) mass is 415 g/mol. The Morgan fingerprint density at radius 3 is 2.69 bits per heavy atom. The second-order valence-corrected chi connectivity index (χ2v) is 7.70. The molecule has 0 spiro atoms. The van der Waals surface area contributed by atoms with Gasteiger partial charge >= 0.3 is 0 Å². The van der Waals surface area contributed by atoms with Crippen molar-refractivity contribution in [1.29, 1.82) is 0 Å². The van der Waals surface area contributed by atoms with Crippen LogP contribution in [0, 0.1) is 0 Å². The maximum atomic E-state index is 12.9.